The molecule has 1 aliphatic heterocycles. The first-order valence-corrected chi connectivity index (χ1v) is 9.96. The number of carbonyl (C=O) groups is 1. The first kappa shape index (κ1) is 19.9. The lowest BCUT2D eigenvalue weighted by Gasteiger charge is -2.26. The van der Waals surface area contributed by atoms with Crippen LogP contribution in [0.1, 0.15) is 55.1 Å². The maximum Gasteiger partial charge on any atom is 0.254 e. The van der Waals surface area contributed by atoms with E-state index in [0.717, 1.165) is 30.6 Å². The minimum atomic E-state index is 0.0425. The minimum Gasteiger partial charge on any atom is -0.376 e. The summed E-state index contributed by atoms with van der Waals surface area (Å²) in [5.74, 6) is 0.0425. The maximum atomic E-state index is 13.2. The number of amides is 1. The van der Waals surface area contributed by atoms with Crippen molar-refractivity contribution in [3.05, 3.63) is 70.2 Å². The number of hydrogen-bond donors (Lipinski definition) is 0. The molecule has 27 heavy (non-hydrogen) atoms. The van der Waals surface area contributed by atoms with Gasteiger partial charge in [0.15, 0.2) is 0 Å². The summed E-state index contributed by atoms with van der Waals surface area (Å²) in [7, 11) is 0. The third-order valence-electron chi connectivity index (χ3n) is 5.02. The Hall–Kier alpha value is -1.84. The Bertz CT molecular complexity index is 756. The van der Waals surface area contributed by atoms with E-state index in [0.29, 0.717) is 18.1 Å². The number of benzene rings is 2. The standard InChI is InChI=1S/C23H28ClNO2/c1-23(2,3)19-10-8-18(9-11-19)22(26)25(16-21-5-4-14-27-21)15-17-6-12-20(24)13-7-17/h6-13,21H,4-5,14-16H2,1-3H3/t21-/m1/s1. The average Bonchev–Trinajstić information content (AvgIpc) is 3.15. The molecule has 1 atom stereocenters. The summed E-state index contributed by atoms with van der Waals surface area (Å²) < 4.78 is 5.78. The zero-order valence-corrected chi connectivity index (χ0v) is 17.1. The third-order valence-corrected chi connectivity index (χ3v) is 5.27. The highest BCUT2D eigenvalue weighted by Gasteiger charge is 2.24. The summed E-state index contributed by atoms with van der Waals surface area (Å²) in [6.07, 6.45) is 2.19. The van der Waals surface area contributed by atoms with Crippen molar-refractivity contribution in [3.63, 3.8) is 0 Å². The van der Waals surface area contributed by atoms with Gasteiger partial charge in [-0.05, 0) is 53.6 Å². The molecule has 2 aromatic carbocycles. The van der Waals surface area contributed by atoms with E-state index in [4.69, 9.17) is 16.3 Å². The molecule has 1 fully saturated rings. The Morgan fingerprint density at radius 1 is 1.11 bits per heavy atom. The predicted octanol–water partition coefficient (Wildman–Crippen LogP) is 5.46. The minimum absolute atomic E-state index is 0.0425. The van der Waals surface area contributed by atoms with Crippen LogP contribution in [0.2, 0.25) is 5.02 Å². The number of rotatable bonds is 5. The van der Waals surface area contributed by atoms with Gasteiger partial charge in [0, 0.05) is 30.3 Å². The molecule has 1 aliphatic rings. The smallest absolute Gasteiger partial charge is 0.254 e. The van der Waals surface area contributed by atoms with Gasteiger partial charge >= 0.3 is 0 Å². The Labute approximate surface area is 167 Å². The topological polar surface area (TPSA) is 29.5 Å². The van der Waals surface area contributed by atoms with Crippen molar-refractivity contribution in [2.45, 2.75) is 51.7 Å². The van der Waals surface area contributed by atoms with E-state index in [1.165, 1.54) is 5.56 Å². The van der Waals surface area contributed by atoms with Gasteiger partial charge in [0.25, 0.3) is 5.91 Å². The van der Waals surface area contributed by atoms with Crippen LogP contribution in [0.4, 0.5) is 0 Å². The summed E-state index contributed by atoms with van der Waals surface area (Å²) in [4.78, 5) is 15.1. The highest BCUT2D eigenvalue weighted by atomic mass is 35.5. The predicted molar refractivity (Wildman–Crippen MR) is 110 cm³/mol. The van der Waals surface area contributed by atoms with E-state index in [2.05, 4.69) is 32.9 Å². The van der Waals surface area contributed by atoms with Crippen LogP contribution in [-0.4, -0.2) is 30.1 Å². The molecule has 1 heterocycles. The second-order valence-electron chi connectivity index (χ2n) is 8.27. The molecule has 3 nitrogen and oxygen atoms in total. The summed E-state index contributed by atoms with van der Waals surface area (Å²) in [6.45, 7) is 8.48. The van der Waals surface area contributed by atoms with Crippen molar-refractivity contribution in [1.82, 2.24) is 4.90 Å². The number of nitrogens with zero attached hydrogens (tertiary/aromatic N) is 1. The van der Waals surface area contributed by atoms with Gasteiger partial charge in [0.2, 0.25) is 0 Å². The van der Waals surface area contributed by atoms with Crippen LogP contribution in [0, 0.1) is 0 Å². The molecular formula is C23H28ClNO2. The van der Waals surface area contributed by atoms with E-state index in [1.54, 1.807) is 0 Å². The van der Waals surface area contributed by atoms with Gasteiger partial charge in [0.05, 0.1) is 6.10 Å². The van der Waals surface area contributed by atoms with Gasteiger partial charge in [-0.15, -0.1) is 0 Å². The number of carbonyl (C=O) groups excluding carboxylic acids is 1. The fourth-order valence-electron chi connectivity index (χ4n) is 3.36. The first-order chi connectivity index (χ1) is 12.8. The molecule has 3 rings (SSSR count). The molecule has 0 aromatic heterocycles. The van der Waals surface area contributed by atoms with Crippen molar-refractivity contribution in [3.8, 4) is 0 Å². The van der Waals surface area contributed by atoms with Crippen LogP contribution in [-0.2, 0) is 16.7 Å². The zero-order valence-electron chi connectivity index (χ0n) is 16.4. The quantitative estimate of drug-likeness (QED) is 0.684. The Morgan fingerprint density at radius 3 is 2.33 bits per heavy atom. The molecule has 0 radical (unpaired) electrons. The number of halogens is 1. The largest absolute Gasteiger partial charge is 0.376 e. The molecule has 0 bridgehead atoms. The average molecular weight is 386 g/mol. The van der Waals surface area contributed by atoms with Crippen LogP contribution < -0.4 is 0 Å². The van der Waals surface area contributed by atoms with E-state index in [9.17, 15) is 4.79 Å². The van der Waals surface area contributed by atoms with Gasteiger partial charge in [-0.25, -0.2) is 0 Å². The molecule has 1 saturated heterocycles. The third kappa shape index (κ3) is 5.33. The van der Waals surface area contributed by atoms with Crippen molar-refractivity contribution in [1.29, 1.82) is 0 Å². The molecule has 1 amide bonds. The van der Waals surface area contributed by atoms with Crippen LogP contribution in [0.3, 0.4) is 0 Å². The molecule has 0 saturated carbocycles. The van der Waals surface area contributed by atoms with E-state index in [-0.39, 0.29) is 17.4 Å². The lowest BCUT2D eigenvalue weighted by atomic mass is 9.86. The van der Waals surface area contributed by atoms with Crippen molar-refractivity contribution >= 4 is 17.5 Å². The first-order valence-electron chi connectivity index (χ1n) is 9.59. The van der Waals surface area contributed by atoms with Gasteiger partial charge < -0.3 is 9.64 Å². The summed E-state index contributed by atoms with van der Waals surface area (Å²) in [5, 5.41) is 0.702. The van der Waals surface area contributed by atoms with Gasteiger partial charge in [-0.3, -0.25) is 4.79 Å². The fraction of sp³-hybridized carbons (Fsp3) is 0.435. The Balaban J connectivity index is 1.79. The monoisotopic (exact) mass is 385 g/mol. The number of hydrogen-bond acceptors (Lipinski definition) is 2. The second-order valence-corrected chi connectivity index (χ2v) is 8.71. The van der Waals surface area contributed by atoms with Gasteiger partial charge in [-0.2, -0.15) is 0 Å². The van der Waals surface area contributed by atoms with Crippen molar-refractivity contribution < 1.29 is 9.53 Å². The lowest BCUT2D eigenvalue weighted by molar-refractivity contribution is 0.0507. The van der Waals surface area contributed by atoms with Crippen LogP contribution in [0.25, 0.3) is 0 Å². The normalized spacial score (nSPS) is 17.1. The molecule has 144 valence electrons. The molecule has 4 heteroatoms. The van der Waals surface area contributed by atoms with Crippen molar-refractivity contribution in [2.24, 2.45) is 0 Å². The van der Waals surface area contributed by atoms with Crippen molar-refractivity contribution in [2.75, 3.05) is 13.2 Å². The van der Waals surface area contributed by atoms with Gasteiger partial charge in [0.1, 0.15) is 0 Å². The zero-order chi connectivity index (χ0) is 19.4. The highest BCUT2D eigenvalue weighted by molar-refractivity contribution is 6.30. The number of ether oxygens (including phenoxy) is 1. The van der Waals surface area contributed by atoms with E-state index >= 15 is 0 Å². The Morgan fingerprint density at radius 2 is 1.78 bits per heavy atom. The van der Waals surface area contributed by atoms with E-state index in [1.807, 2.05) is 41.3 Å². The fourth-order valence-corrected chi connectivity index (χ4v) is 3.48. The van der Waals surface area contributed by atoms with Crippen LogP contribution in [0.15, 0.2) is 48.5 Å². The second kappa shape index (κ2) is 8.45. The van der Waals surface area contributed by atoms with E-state index < -0.39 is 0 Å². The molecule has 0 unspecified atom stereocenters. The molecule has 0 spiro atoms. The van der Waals surface area contributed by atoms with Gasteiger partial charge in [-0.1, -0.05) is 56.6 Å². The summed E-state index contributed by atoms with van der Waals surface area (Å²) in [6, 6.07) is 15.7. The van der Waals surface area contributed by atoms with Crippen LogP contribution >= 0.6 is 11.6 Å². The molecule has 0 N–H and O–H groups in total. The summed E-state index contributed by atoms with van der Waals surface area (Å²) >= 11 is 6.00. The molecule has 0 aliphatic carbocycles. The van der Waals surface area contributed by atoms with Crippen LogP contribution in [0.5, 0.6) is 0 Å². The summed E-state index contributed by atoms with van der Waals surface area (Å²) in [5.41, 5.74) is 3.08. The molecule has 2 aromatic rings. The highest BCUT2D eigenvalue weighted by Crippen LogP contribution is 2.23. The SMILES string of the molecule is CC(C)(C)c1ccc(C(=O)N(Cc2ccc(Cl)cc2)C[C@H]2CCCO2)cc1. The maximum absolute atomic E-state index is 13.2. The lowest BCUT2D eigenvalue weighted by Crippen LogP contribution is -2.37. The molecular weight excluding hydrogens is 358 g/mol. The Kier molecular flexibility index (Phi) is 6.23.